The zero-order valence-corrected chi connectivity index (χ0v) is 25.5. The summed E-state index contributed by atoms with van der Waals surface area (Å²) in [7, 11) is 0. The van der Waals surface area contributed by atoms with Crippen LogP contribution in [0.1, 0.15) is 25.7 Å². The van der Waals surface area contributed by atoms with Gasteiger partial charge in [0.05, 0.1) is 6.61 Å². The second kappa shape index (κ2) is 19.0. The summed E-state index contributed by atoms with van der Waals surface area (Å²) >= 11 is 0. The molecule has 22 heteroatoms. The Balaban J connectivity index is 2.45. The van der Waals surface area contributed by atoms with Crippen molar-refractivity contribution in [1.29, 1.82) is 0 Å². The Kier molecular flexibility index (Phi) is 15.6. The number of rotatable bonds is 10. The number of carbonyl (C=O) groups is 7. The van der Waals surface area contributed by atoms with Crippen LogP contribution in [0.25, 0.3) is 0 Å². The molecule has 0 radical (unpaired) electrons. The summed E-state index contributed by atoms with van der Waals surface area (Å²) < 4.78 is 0. The van der Waals surface area contributed by atoms with Crippen LogP contribution in [0.4, 0.5) is 4.79 Å². The molecule has 19 N–H and O–H groups in total. The SMILES string of the molecule is NCCCC(N)CC(=O)NCC1NC(=O)C(CO)NC(=O)C(N)CNC(=O)C(C2CC=NC(N)N2)NC(=O)/C(=C/NC(N)=O)NC1=O. The summed E-state index contributed by atoms with van der Waals surface area (Å²) in [6, 6.07) is -8.57. The van der Waals surface area contributed by atoms with Crippen LogP contribution in [-0.2, 0) is 28.8 Å². The highest BCUT2D eigenvalue weighted by Gasteiger charge is 2.35. The number of nitrogens with one attached hydrogen (secondary N) is 8. The van der Waals surface area contributed by atoms with Crippen LogP contribution in [0, 0.1) is 0 Å². The molecular formula is C25H44N14O8. The molecule has 0 aromatic carbocycles. The van der Waals surface area contributed by atoms with Gasteiger partial charge >= 0.3 is 6.03 Å². The predicted molar refractivity (Wildman–Crippen MR) is 165 cm³/mol. The highest BCUT2D eigenvalue weighted by Crippen LogP contribution is 2.07. The Morgan fingerprint density at radius 1 is 1.04 bits per heavy atom. The van der Waals surface area contributed by atoms with Gasteiger partial charge in [-0.05, 0) is 19.4 Å². The van der Waals surface area contributed by atoms with Crippen molar-refractivity contribution in [3.05, 3.63) is 11.9 Å². The van der Waals surface area contributed by atoms with Crippen LogP contribution in [-0.4, -0.2) is 122 Å². The van der Waals surface area contributed by atoms with Crippen molar-refractivity contribution < 1.29 is 38.7 Å². The molecule has 47 heavy (non-hydrogen) atoms. The topological polar surface area (TPSA) is 378 Å². The Morgan fingerprint density at radius 2 is 1.74 bits per heavy atom. The summed E-state index contributed by atoms with van der Waals surface area (Å²) in [5.41, 5.74) is 27.6. The number of nitrogens with two attached hydrogens (primary N) is 5. The lowest BCUT2D eigenvalue weighted by Crippen LogP contribution is -2.64. The number of carbonyl (C=O) groups excluding carboxylic acids is 7. The monoisotopic (exact) mass is 668 g/mol. The number of nitrogens with zero attached hydrogens (tertiary/aromatic N) is 1. The summed E-state index contributed by atoms with van der Waals surface area (Å²) in [5, 5.41) is 28.7. The molecule has 262 valence electrons. The van der Waals surface area contributed by atoms with Gasteiger partial charge in [-0.2, -0.15) is 0 Å². The number of aliphatic imine (C=N–C) groups is 1. The third-order valence-corrected chi connectivity index (χ3v) is 6.85. The first kappa shape index (κ1) is 38.4. The minimum atomic E-state index is -1.63. The van der Waals surface area contributed by atoms with E-state index in [9.17, 15) is 38.7 Å². The molecule has 7 unspecified atom stereocenters. The van der Waals surface area contributed by atoms with Gasteiger partial charge in [0.2, 0.25) is 29.5 Å². The molecular weight excluding hydrogens is 624 g/mol. The van der Waals surface area contributed by atoms with E-state index in [1.807, 2.05) is 5.32 Å². The van der Waals surface area contributed by atoms with Crippen LogP contribution in [0.2, 0.25) is 0 Å². The Morgan fingerprint density at radius 3 is 2.38 bits per heavy atom. The number of urea groups is 1. The lowest BCUT2D eigenvalue weighted by atomic mass is 10.0. The molecule has 2 aliphatic heterocycles. The largest absolute Gasteiger partial charge is 0.394 e. The number of aliphatic hydroxyl groups excluding tert-OH is 1. The van der Waals surface area contributed by atoms with E-state index in [4.69, 9.17) is 28.7 Å². The van der Waals surface area contributed by atoms with E-state index in [0.717, 1.165) is 6.20 Å². The van der Waals surface area contributed by atoms with Gasteiger partial charge in [-0.1, -0.05) is 0 Å². The average molecular weight is 669 g/mol. The van der Waals surface area contributed by atoms with Crippen LogP contribution in [0.3, 0.4) is 0 Å². The molecule has 2 heterocycles. The number of amides is 8. The van der Waals surface area contributed by atoms with Crippen molar-refractivity contribution in [3.8, 4) is 0 Å². The second-order valence-corrected chi connectivity index (χ2v) is 10.6. The van der Waals surface area contributed by atoms with E-state index < -0.39 is 109 Å². The van der Waals surface area contributed by atoms with Gasteiger partial charge < -0.3 is 65.3 Å². The maximum Gasteiger partial charge on any atom is 0.316 e. The minimum absolute atomic E-state index is 0.116. The van der Waals surface area contributed by atoms with Gasteiger partial charge in [-0.3, -0.25) is 44.8 Å². The summed E-state index contributed by atoms with van der Waals surface area (Å²) in [5.74, 6) is -5.63. The van der Waals surface area contributed by atoms with Crippen LogP contribution in [0.5, 0.6) is 0 Å². The second-order valence-electron chi connectivity index (χ2n) is 10.6. The quantitative estimate of drug-likeness (QED) is 0.0963. The molecule has 0 bridgehead atoms. The fraction of sp³-hybridized carbons (Fsp3) is 0.600. The lowest BCUT2D eigenvalue weighted by Gasteiger charge is -2.31. The zero-order chi connectivity index (χ0) is 35.1. The molecule has 0 aromatic heterocycles. The lowest BCUT2D eigenvalue weighted by molar-refractivity contribution is -0.134. The highest BCUT2D eigenvalue weighted by molar-refractivity contribution is 6.02. The van der Waals surface area contributed by atoms with Crippen molar-refractivity contribution in [2.75, 3.05) is 26.2 Å². The molecule has 8 amide bonds. The van der Waals surface area contributed by atoms with E-state index in [0.29, 0.717) is 19.4 Å². The first-order chi connectivity index (χ1) is 22.2. The molecule has 1 fully saturated rings. The summed E-state index contributed by atoms with van der Waals surface area (Å²) in [4.78, 5) is 93.8. The fourth-order valence-electron chi connectivity index (χ4n) is 4.32. The van der Waals surface area contributed by atoms with Gasteiger partial charge in [0, 0.05) is 50.4 Å². The molecule has 0 saturated carbocycles. The molecule has 22 nitrogen and oxygen atoms in total. The van der Waals surface area contributed by atoms with E-state index in [2.05, 4.69) is 42.2 Å². The minimum Gasteiger partial charge on any atom is -0.394 e. The van der Waals surface area contributed by atoms with Crippen molar-refractivity contribution in [1.82, 2.24) is 42.5 Å². The normalized spacial score (nSPS) is 27.9. The van der Waals surface area contributed by atoms with Crippen molar-refractivity contribution >= 4 is 47.7 Å². The van der Waals surface area contributed by atoms with E-state index >= 15 is 0 Å². The van der Waals surface area contributed by atoms with Crippen LogP contribution < -0.4 is 71.2 Å². The van der Waals surface area contributed by atoms with Gasteiger partial charge in [-0.15, -0.1) is 0 Å². The van der Waals surface area contributed by atoms with Crippen molar-refractivity contribution in [3.63, 3.8) is 0 Å². The number of hydrogen-bond donors (Lipinski definition) is 14. The first-order valence-electron chi connectivity index (χ1n) is 14.6. The number of hydrogen-bond acceptors (Lipinski definition) is 14. The van der Waals surface area contributed by atoms with E-state index in [1.165, 1.54) is 6.21 Å². The fourth-order valence-corrected chi connectivity index (χ4v) is 4.32. The van der Waals surface area contributed by atoms with Crippen molar-refractivity contribution in [2.24, 2.45) is 33.7 Å². The third kappa shape index (κ3) is 12.9. The van der Waals surface area contributed by atoms with Crippen molar-refractivity contribution in [2.45, 2.75) is 68.2 Å². The van der Waals surface area contributed by atoms with Crippen LogP contribution in [0.15, 0.2) is 16.9 Å². The third-order valence-electron chi connectivity index (χ3n) is 6.85. The highest BCUT2D eigenvalue weighted by atomic mass is 16.3. The van der Waals surface area contributed by atoms with E-state index in [-0.39, 0.29) is 12.8 Å². The maximum atomic E-state index is 13.5. The average Bonchev–Trinajstić information content (AvgIpc) is 3.02. The smallest absolute Gasteiger partial charge is 0.316 e. The Labute approximate surface area is 269 Å². The maximum absolute atomic E-state index is 13.5. The standard InChI is InChI=1S/C25H44N14O8/c26-4-1-2-11(27)6-17(41)32-8-14-20(43)35-15(9-34-25(30)47)21(44)39-18(13-3-5-31-24(29)38-13)23(46)33-7-12(28)19(42)37-16(10-40)22(45)36-14/h5,9,11-14,16,18,24,38,40H,1-4,6-8,10,26-29H2,(H,32,41)(H,33,46)(H,35,43)(H,36,45)(H,37,42)(H,39,44)(H3,30,34,47)/b15-9-. The summed E-state index contributed by atoms with van der Waals surface area (Å²) in [6.07, 6.45) is 2.25. The molecule has 1 saturated heterocycles. The Hall–Kier alpha value is -4.74. The molecule has 0 aliphatic carbocycles. The number of aliphatic hydroxyl groups is 1. The zero-order valence-electron chi connectivity index (χ0n) is 25.5. The van der Waals surface area contributed by atoms with Gasteiger partial charge in [0.15, 0.2) is 6.29 Å². The number of primary amides is 1. The Bertz CT molecular complexity index is 1230. The molecule has 0 aromatic rings. The molecule has 2 rings (SSSR count). The van der Waals surface area contributed by atoms with Gasteiger partial charge in [0.25, 0.3) is 5.91 Å². The van der Waals surface area contributed by atoms with Gasteiger partial charge in [-0.25, -0.2) is 4.79 Å². The molecule has 0 spiro atoms. The summed E-state index contributed by atoms with van der Waals surface area (Å²) in [6.45, 7) is -1.57. The van der Waals surface area contributed by atoms with Gasteiger partial charge in [0.1, 0.15) is 29.9 Å². The van der Waals surface area contributed by atoms with Crippen LogP contribution >= 0.6 is 0 Å². The molecule has 7 atom stereocenters. The van der Waals surface area contributed by atoms with E-state index in [1.54, 1.807) is 0 Å². The molecule has 2 aliphatic rings. The predicted octanol–water partition coefficient (Wildman–Crippen LogP) is -8.24. The first-order valence-corrected chi connectivity index (χ1v) is 14.6.